The molecule has 1 atom stereocenters. The van der Waals surface area contributed by atoms with E-state index in [4.69, 9.17) is 21.1 Å². The Kier molecular flexibility index (Phi) is 5.79. The van der Waals surface area contributed by atoms with Gasteiger partial charge in [0.25, 0.3) is 5.91 Å². The number of ketones is 1. The van der Waals surface area contributed by atoms with Crippen LogP contribution in [0.25, 0.3) is 0 Å². The number of nitrogens with zero attached hydrogens (tertiary/aromatic N) is 1. The van der Waals surface area contributed by atoms with Crippen molar-refractivity contribution >= 4 is 29.3 Å². The topological polar surface area (TPSA) is 84.9 Å². The van der Waals surface area contributed by atoms with Crippen LogP contribution in [0.5, 0.6) is 11.5 Å². The van der Waals surface area contributed by atoms with E-state index in [1.165, 1.54) is 13.2 Å². The molecule has 29 heavy (non-hydrogen) atoms. The molecule has 1 saturated heterocycles. The third-order valence-corrected chi connectivity index (χ3v) is 5.15. The van der Waals surface area contributed by atoms with E-state index in [1.807, 2.05) is 18.2 Å². The summed E-state index contributed by atoms with van der Waals surface area (Å²) in [7, 11) is 3.01. The molecule has 1 aliphatic rings. The Morgan fingerprint density at radius 1 is 1.10 bits per heavy atom. The Balaban J connectivity index is 1.78. The summed E-state index contributed by atoms with van der Waals surface area (Å²) in [6.07, 6.45) is 0.237. The summed E-state index contributed by atoms with van der Waals surface area (Å²) in [5, 5.41) is 2.97. The number of methoxy groups -OCH3 is 2. The highest BCUT2D eigenvalue weighted by molar-refractivity contribution is 6.32. The van der Waals surface area contributed by atoms with Crippen molar-refractivity contribution in [2.24, 2.45) is 0 Å². The standard InChI is InChI=1S/C21H21ClN2O5/c1-21(11-14-6-4-5-7-17(14)28-2)19(26)24(20(27)23-21)12-16(25)13-8-9-18(29-3)15(22)10-13/h4-10H,11-12H2,1-3H3,(H,23,27)/t21-/m1/s1. The molecule has 0 saturated carbocycles. The number of nitrogens with one attached hydrogen (secondary N) is 1. The monoisotopic (exact) mass is 416 g/mol. The smallest absolute Gasteiger partial charge is 0.325 e. The summed E-state index contributed by atoms with van der Waals surface area (Å²) < 4.78 is 10.4. The molecule has 2 aromatic carbocycles. The number of para-hydroxylation sites is 1. The van der Waals surface area contributed by atoms with Gasteiger partial charge < -0.3 is 14.8 Å². The van der Waals surface area contributed by atoms with Crippen LogP contribution in [0.3, 0.4) is 0 Å². The van der Waals surface area contributed by atoms with E-state index in [0.717, 1.165) is 10.5 Å². The SMILES string of the molecule is COc1ccc(C(=O)CN2C(=O)N[C@](C)(Cc3ccccc3OC)C2=O)cc1Cl. The molecule has 0 spiro atoms. The average molecular weight is 417 g/mol. The number of hydrogen-bond donors (Lipinski definition) is 1. The summed E-state index contributed by atoms with van der Waals surface area (Å²) in [4.78, 5) is 39.0. The number of rotatable bonds is 7. The van der Waals surface area contributed by atoms with Gasteiger partial charge in [-0.25, -0.2) is 4.79 Å². The van der Waals surface area contributed by atoms with Crippen LogP contribution in [0.1, 0.15) is 22.8 Å². The molecular weight excluding hydrogens is 396 g/mol. The Bertz CT molecular complexity index is 977. The highest BCUT2D eigenvalue weighted by atomic mass is 35.5. The zero-order chi connectivity index (χ0) is 21.2. The van der Waals surface area contributed by atoms with Gasteiger partial charge in [-0.15, -0.1) is 0 Å². The molecule has 7 nitrogen and oxygen atoms in total. The maximum Gasteiger partial charge on any atom is 0.325 e. The van der Waals surface area contributed by atoms with E-state index in [1.54, 1.807) is 32.2 Å². The van der Waals surface area contributed by atoms with Crippen molar-refractivity contribution in [1.29, 1.82) is 0 Å². The van der Waals surface area contributed by atoms with Gasteiger partial charge in [0.05, 0.1) is 25.8 Å². The van der Waals surface area contributed by atoms with Gasteiger partial charge in [-0.1, -0.05) is 29.8 Å². The molecule has 0 aliphatic carbocycles. The van der Waals surface area contributed by atoms with E-state index < -0.39 is 23.3 Å². The first-order valence-electron chi connectivity index (χ1n) is 8.92. The van der Waals surface area contributed by atoms with Crippen molar-refractivity contribution in [3.8, 4) is 11.5 Å². The number of Topliss-reactive ketones (excluding diaryl/α,β-unsaturated/α-hetero) is 1. The molecule has 1 fully saturated rings. The normalized spacial score (nSPS) is 18.6. The minimum Gasteiger partial charge on any atom is -0.496 e. The van der Waals surface area contributed by atoms with Crippen molar-refractivity contribution in [2.75, 3.05) is 20.8 Å². The molecule has 8 heteroatoms. The molecular formula is C21H21ClN2O5. The van der Waals surface area contributed by atoms with Crippen LogP contribution in [0.2, 0.25) is 5.02 Å². The fourth-order valence-electron chi connectivity index (χ4n) is 3.32. The maximum atomic E-state index is 13.0. The lowest BCUT2D eigenvalue weighted by Gasteiger charge is -2.22. The fraction of sp³-hybridized carbons (Fsp3) is 0.286. The number of halogens is 1. The third-order valence-electron chi connectivity index (χ3n) is 4.86. The molecule has 3 rings (SSSR count). The summed E-state index contributed by atoms with van der Waals surface area (Å²) in [5.74, 6) is 0.182. The fourth-order valence-corrected chi connectivity index (χ4v) is 3.57. The molecule has 0 radical (unpaired) electrons. The van der Waals surface area contributed by atoms with Gasteiger partial charge in [-0.05, 0) is 36.8 Å². The highest BCUT2D eigenvalue weighted by Crippen LogP contribution is 2.28. The molecule has 0 bridgehead atoms. The second-order valence-electron chi connectivity index (χ2n) is 6.91. The van der Waals surface area contributed by atoms with Gasteiger partial charge in [-0.3, -0.25) is 14.5 Å². The van der Waals surface area contributed by atoms with E-state index >= 15 is 0 Å². The number of benzene rings is 2. The van der Waals surface area contributed by atoms with Crippen LogP contribution in [-0.4, -0.2) is 48.9 Å². The molecule has 1 aliphatic heterocycles. The molecule has 1 heterocycles. The number of hydrogen-bond acceptors (Lipinski definition) is 5. The summed E-state index contributed by atoms with van der Waals surface area (Å²) in [6.45, 7) is 1.25. The van der Waals surface area contributed by atoms with Crippen LogP contribution in [-0.2, 0) is 11.2 Å². The van der Waals surface area contributed by atoms with Crippen molar-refractivity contribution < 1.29 is 23.9 Å². The van der Waals surface area contributed by atoms with Gasteiger partial charge >= 0.3 is 6.03 Å². The van der Waals surface area contributed by atoms with Gasteiger partial charge in [0.15, 0.2) is 5.78 Å². The molecule has 3 amide bonds. The Morgan fingerprint density at radius 2 is 1.79 bits per heavy atom. The van der Waals surface area contributed by atoms with Crippen molar-refractivity contribution in [1.82, 2.24) is 10.2 Å². The average Bonchev–Trinajstić information content (AvgIpc) is 2.91. The second kappa shape index (κ2) is 8.13. The lowest BCUT2D eigenvalue weighted by Crippen LogP contribution is -2.46. The van der Waals surface area contributed by atoms with Crippen LogP contribution in [0, 0.1) is 0 Å². The van der Waals surface area contributed by atoms with Crippen molar-refractivity contribution in [2.45, 2.75) is 18.9 Å². The van der Waals surface area contributed by atoms with Gasteiger partial charge in [0.1, 0.15) is 17.0 Å². The Labute approximate surface area is 173 Å². The molecule has 0 unspecified atom stereocenters. The lowest BCUT2D eigenvalue weighted by molar-refractivity contribution is -0.130. The summed E-state index contributed by atoms with van der Waals surface area (Å²) in [5.41, 5.74) is -0.111. The van der Waals surface area contributed by atoms with E-state index in [9.17, 15) is 14.4 Å². The van der Waals surface area contributed by atoms with Crippen molar-refractivity contribution in [3.05, 3.63) is 58.6 Å². The first-order valence-corrected chi connectivity index (χ1v) is 9.29. The van der Waals surface area contributed by atoms with Crippen LogP contribution < -0.4 is 14.8 Å². The van der Waals surface area contributed by atoms with Gasteiger partial charge in [0.2, 0.25) is 0 Å². The predicted octanol–water partition coefficient (Wildman–Crippen LogP) is 3.09. The van der Waals surface area contributed by atoms with Crippen LogP contribution in [0.4, 0.5) is 4.79 Å². The van der Waals surface area contributed by atoms with Gasteiger partial charge in [-0.2, -0.15) is 0 Å². The number of ether oxygens (including phenoxy) is 2. The third kappa shape index (κ3) is 4.05. The first-order chi connectivity index (χ1) is 13.8. The minimum atomic E-state index is -1.18. The number of carbonyl (C=O) groups is 3. The number of imide groups is 1. The van der Waals surface area contributed by atoms with E-state index in [0.29, 0.717) is 11.5 Å². The summed E-state index contributed by atoms with van der Waals surface area (Å²) in [6, 6.07) is 11.2. The van der Waals surface area contributed by atoms with Crippen molar-refractivity contribution in [3.63, 3.8) is 0 Å². The molecule has 152 valence electrons. The largest absolute Gasteiger partial charge is 0.496 e. The molecule has 1 N–H and O–H groups in total. The number of carbonyl (C=O) groups excluding carboxylic acids is 3. The maximum absolute atomic E-state index is 13.0. The van der Waals surface area contributed by atoms with E-state index in [2.05, 4.69) is 5.32 Å². The molecule has 0 aromatic heterocycles. The zero-order valence-corrected chi connectivity index (χ0v) is 17.1. The van der Waals surface area contributed by atoms with Crippen LogP contribution in [0.15, 0.2) is 42.5 Å². The van der Waals surface area contributed by atoms with Crippen LogP contribution >= 0.6 is 11.6 Å². The number of amides is 3. The lowest BCUT2D eigenvalue weighted by atomic mass is 9.92. The quantitative estimate of drug-likeness (QED) is 0.553. The zero-order valence-electron chi connectivity index (χ0n) is 16.3. The predicted molar refractivity (Wildman–Crippen MR) is 108 cm³/mol. The Hall–Kier alpha value is -3.06. The highest BCUT2D eigenvalue weighted by Gasteiger charge is 2.48. The summed E-state index contributed by atoms with van der Waals surface area (Å²) >= 11 is 6.06. The van der Waals surface area contributed by atoms with Gasteiger partial charge in [0, 0.05) is 12.0 Å². The van der Waals surface area contributed by atoms with E-state index in [-0.39, 0.29) is 23.6 Å². The Morgan fingerprint density at radius 3 is 2.45 bits per heavy atom. The second-order valence-corrected chi connectivity index (χ2v) is 7.32. The molecule has 2 aromatic rings. The first kappa shape index (κ1) is 20.7. The number of urea groups is 1. The minimum absolute atomic E-state index is 0.237.